The minimum Gasteiger partial charge on any atom is -0.399 e. The Hall–Kier alpha value is -1.75. The average molecular weight is 263 g/mol. The average Bonchev–Trinajstić information content (AvgIpc) is 3.21. The van der Waals surface area contributed by atoms with Gasteiger partial charge in [0.2, 0.25) is 0 Å². The maximum absolute atomic E-state index is 11.9. The Kier molecular flexibility index (Phi) is 4.63. The van der Waals surface area contributed by atoms with Gasteiger partial charge in [0.25, 0.3) is 0 Å². The summed E-state index contributed by atoms with van der Waals surface area (Å²) in [5.41, 5.74) is 7.01. The van der Waals surface area contributed by atoms with Gasteiger partial charge in [-0.2, -0.15) is 0 Å². The Bertz CT molecular complexity index is 415. The number of carbonyl (C=O) groups is 1. The second kappa shape index (κ2) is 6.43. The van der Waals surface area contributed by atoms with Gasteiger partial charge >= 0.3 is 6.03 Å². The normalized spacial score (nSPS) is 14.2. The molecule has 1 aliphatic carbocycles. The van der Waals surface area contributed by atoms with E-state index in [4.69, 9.17) is 10.5 Å². The number of urea groups is 1. The van der Waals surface area contributed by atoms with Crippen LogP contribution in [0.4, 0.5) is 16.2 Å². The number of likely N-dealkylation sites (N-methyl/N-ethyl adjacent to an activating group) is 1. The van der Waals surface area contributed by atoms with E-state index in [9.17, 15) is 4.79 Å². The lowest BCUT2D eigenvalue weighted by Crippen LogP contribution is -2.34. The third-order valence-electron chi connectivity index (χ3n) is 3.13. The van der Waals surface area contributed by atoms with Gasteiger partial charge in [0.1, 0.15) is 0 Å². The highest BCUT2D eigenvalue weighted by molar-refractivity contribution is 5.89. The molecule has 19 heavy (non-hydrogen) atoms. The lowest BCUT2D eigenvalue weighted by atomic mass is 10.3. The number of benzene rings is 1. The van der Waals surface area contributed by atoms with E-state index in [1.165, 1.54) is 12.8 Å². The summed E-state index contributed by atoms with van der Waals surface area (Å²) in [5, 5.41) is 2.81. The van der Waals surface area contributed by atoms with Crippen LogP contribution in [0.1, 0.15) is 12.8 Å². The van der Waals surface area contributed by atoms with Crippen LogP contribution in [0.25, 0.3) is 0 Å². The zero-order valence-corrected chi connectivity index (χ0v) is 11.3. The van der Waals surface area contributed by atoms with Crippen molar-refractivity contribution in [1.29, 1.82) is 0 Å². The van der Waals surface area contributed by atoms with Crippen molar-refractivity contribution >= 4 is 17.4 Å². The van der Waals surface area contributed by atoms with E-state index in [0.29, 0.717) is 18.8 Å². The van der Waals surface area contributed by atoms with Crippen molar-refractivity contribution in [2.45, 2.75) is 12.8 Å². The molecule has 0 aliphatic heterocycles. The van der Waals surface area contributed by atoms with Crippen molar-refractivity contribution in [2.75, 3.05) is 37.9 Å². The summed E-state index contributed by atoms with van der Waals surface area (Å²) in [6.45, 7) is 2.00. The van der Waals surface area contributed by atoms with Crippen molar-refractivity contribution in [2.24, 2.45) is 5.92 Å². The van der Waals surface area contributed by atoms with E-state index in [-0.39, 0.29) is 6.03 Å². The van der Waals surface area contributed by atoms with Crippen molar-refractivity contribution < 1.29 is 9.53 Å². The summed E-state index contributed by atoms with van der Waals surface area (Å²) in [4.78, 5) is 13.5. The molecule has 0 aromatic heterocycles. The molecule has 0 bridgehead atoms. The summed E-state index contributed by atoms with van der Waals surface area (Å²) in [5.74, 6) is 0.758. The van der Waals surface area contributed by atoms with E-state index in [2.05, 4.69) is 5.32 Å². The number of ether oxygens (including phenoxy) is 1. The van der Waals surface area contributed by atoms with Crippen LogP contribution in [-0.4, -0.2) is 37.7 Å². The van der Waals surface area contributed by atoms with Crippen molar-refractivity contribution in [3.8, 4) is 0 Å². The van der Waals surface area contributed by atoms with E-state index in [1.54, 1.807) is 36.2 Å². The van der Waals surface area contributed by atoms with Crippen molar-refractivity contribution in [1.82, 2.24) is 4.90 Å². The van der Waals surface area contributed by atoms with Crippen molar-refractivity contribution in [3.05, 3.63) is 24.3 Å². The fraction of sp³-hybridized carbons (Fsp3) is 0.500. The highest BCUT2D eigenvalue weighted by Crippen LogP contribution is 2.28. The van der Waals surface area contributed by atoms with Gasteiger partial charge in [-0.3, -0.25) is 0 Å². The minimum atomic E-state index is -0.139. The van der Waals surface area contributed by atoms with Gasteiger partial charge < -0.3 is 20.7 Å². The summed E-state index contributed by atoms with van der Waals surface area (Å²) in [6, 6.07) is 6.94. The molecule has 1 saturated carbocycles. The van der Waals surface area contributed by atoms with Gasteiger partial charge in [-0.15, -0.1) is 0 Å². The molecule has 1 aromatic carbocycles. The van der Waals surface area contributed by atoms with Crippen LogP contribution in [-0.2, 0) is 4.74 Å². The maximum atomic E-state index is 11.9. The smallest absolute Gasteiger partial charge is 0.321 e. The molecule has 0 atom stereocenters. The Labute approximate surface area is 113 Å². The molecule has 1 fully saturated rings. The first kappa shape index (κ1) is 13.7. The third kappa shape index (κ3) is 4.79. The molecule has 1 aliphatic rings. The second-order valence-electron chi connectivity index (χ2n) is 4.99. The van der Waals surface area contributed by atoms with Gasteiger partial charge in [-0.25, -0.2) is 4.79 Å². The Morgan fingerprint density at radius 3 is 2.74 bits per heavy atom. The molecule has 0 saturated heterocycles. The molecular formula is C14H21N3O2. The number of hydrogen-bond donors (Lipinski definition) is 2. The molecule has 3 N–H and O–H groups in total. The van der Waals surface area contributed by atoms with Crippen LogP contribution in [0.15, 0.2) is 24.3 Å². The van der Waals surface area contributed by atoms with E-state index in [1.807, 2.05) is 0 Å². The first-order valence-corrected chi connectivity index (χ1v) is 6.60. The van der Waals surface area contributed by atoms with Crippen LogP contribution in [0.2, 0.25) is 0 Å². The standard InChI is InChI=1S/C14H21N3O2/c1-17(8-9-19-10-11-2-3-11)14(18)16-13-6-4-12(15)5-7-13/h4-7,11H,2-3,8-10,15H2,1H3,(H,16,18). The highest BCUT2D eigenvalue weighted by atomic mass is 16.5. The van der Waals surface area contributed by atoms with Gasteiger partial charge in [0.05, 0.1) is 6.61 Å². The third-order valence-corrected chi connectivity index (χ3v) is 3.13. The largest absolute Gasteiger partial charge is 0.399 e. The molecule has 0 heterocycles. The van der Waals surface area contributed by atoms with Gasteiger partial charge in [0, 0.05) is 31.6 Å². The highest BCUT2D eigenvalue weighted by Gasteiger charge is 2.21. The number of anilines is 2. The molecule has 2 rings (SSSR count). The number of nitrogens with two attached hydrogens (primary N) is 1. The molecule has 5 nitrogen and oxygen atoms in total. The molecular weight excluding hydrogens is 242 g/mol. The number of hydrogen-bond acceptors (Lipinski definition) is 3. The Morgan fingerprint density at radius 2 is 2.11 bits per heavy atom. The SMILES string of the molecule is CN(CCOCC1CC1)C(=O)Nc1ccc(N)cc1. The topological polar surface area (TPSA) is 67.6 Å². The zero-order chi connectivity index (χ0) is 13.7. The van der Waals surface area contributed by atoms with Crippen LogP contribution < -0.4 is 11.1 Å². The number of rotatable bonds is 6. The first-order valence-electron chi connectivity index (χ1n) is 6.60. The number of nitrogen functional groups attached to an aromatic ring is 1. The predicted molar refractivity (Wildman–Crippen MR) is 76.0 cm³/mol. The lowest BCUT2D eigenvalue weighted by molar-refractivity contribution is 0.109. The molecule has 5 heteroatoms. The summed E-state index contributed by atoms with van der Waals surface area (Å²) in [6.07, 6.45) is 2.57. The van der Waals surface area contributed by atoms with Gasteiger partial charge in [-0.05, 0) is 43.0 Å². The fourth-order valence-corrected chi connectivity index (χ4v) is 1.62. The maximum Gasteiger partial charge on any atom is 0.321 e. The van der Waals surface area contributed by atoms with Crippen molar-refractivity contribution in [3.63, 3.8) is 0 Å². The first-order chi connectivity index (χ1) is 9.15. The molecule has 0 spiro atoms. The molecule has 1 aromatic rings. The van der Waals surface area contributed by atoms with Crippen LogP contribution >= 0.6 is 0 Å². The Balaban J connectivity index is 1.67. The molecule has 104 valence electrons. The lowest BCUT2D eigenvalue weighted by Gasteiger charge is -2.18. The van der Waals surface area contributed by atoms with Crippen LogP contribution in [0.5, 0.6) is 0 Å². The molecule has 0 radical (unpaired) electrons. The van der Waals surface area contributed by atoms with E-state index >= 15 is 0 Å². The number of carbonyl (C=O) groups excluding carboxylic acids is 1. The second-order valence-corrected chi connectivity index (χ2v) is 4.99. The predicted octanol–water partition coefficient (Wildman–Crippen LogP) is 2.16. The summed E-state index contributed by atoms with van der Waals surface area (Å²) >= 11 is 0. The monoisotopic (exact) mass is 263 g/mol. The summed E-state index contributed by atoms with van der Waals surface area (Å²) < 4.78 is 5.51. The van der Waals surface area contributed by atoms with E-state index in [0.717, 1.165) is 18.2 Å². The van der Waals surface area contributed by atoms with E-state index < -0.39 is 0 Å². The molecule has 0 unspecified atom stereocenters. The summed E-state index contributed by atoms with van der Waals surface area (Å²) in [7, 11) is 1.76. The molecule has 2 amide bonds. The number of nitrogens with one attached hydrogen (secondary N) is 1. The number of amides is 2. The van der Waals surface area contributed by atoms with Crippen LogP contribution in [0.3, 0.4) is 0 Å². The minimum absolute atomic E-state index is 0.139. The fourth-order valence-electron chi connectivity index (χ4n) is 1.62. The van der Waals surface area contributed by atoms with Gasteiger partial charge in [0.15, 0.2) is 0 Å². The van der Waals surface area contributed by atoms with Crippen LogP contribution in [0, 0.1) is 5.92 Å². The quantitative estimate of drug-likeness (QED) is 0.610. The zero-order valence-electron chi connectivity index (χ0n) is 11.3. The Morgan fingerprint density at radius 1 is 1.42 bits per heavy atom. The van der Waals surface area contributed by atoms with Gasteiger partial charge in [-0.1, -0.05) is 0 Å². The number of nitrogens with zero attached hydrogens (tertiary/aromatic N) is 1.